The van der Waals surface area contributed by atoms with Crippen molar-refractivity contribution >= 4 is 12.0 Å². The average Bonchev–Trinajstić information content (AvgIpc) is 2.30. The van der Waals surface area contributed by atoms with Gasteiger partial charge in [-0.3, -0.25) is 5.43 Å². The van der Waals surface area contributed by atoms with Crippen LogP contribution in [0.1, 0.15) is 51.7 Å². The van der Waals surface area contributed by atoms with E-state index in [4.69, 9.17) is 0 Å². The minimum atomic E-state index is 0.518. The molecule has 1 N–H and O–H groups in total. The summed E-state index contributed by atoms with van der Waals surface area (Å²) in [6, 6.07) is 2.14. The van der Waals surface area contributed by atoms with Crippen LogP contribution in [0.25, 0.3) is 0 Å². The second-order valence-electron chi connectivity index (χ2n) is 3.59. The third kappa shape index (κ3) is 4.43. The smallest absolute Gasteiger partial charge is 0.149 e. The summed E-state index contributed by atoms with van der Waals surface area (Å²) in [5, 5.41) is 3.94. The lowest BCUT2D eigenvalue weighted by Gasteiger charge is -2.08. The van der Waals surface area contributed by atoms with Crippen LogP contribution < -0.4 is 5.43 Å². The van der Waals surface area contributed by atoms with Gasteiger partial charge in [0.1, 0.15) is 5.82 Å². The van der Waals surface area contributed by atoms with E-state index < -0.39 is 0 Å². The van der Waals surface area contributed by atoms with Gasteiger partial charge in [0.15, 0.2) is 0 Å². The maximum absolute atomic E-state index is 4.31. The summed E-state index contributed by atoms with van der Waals surface area (Å²) in [5.74, 6) is 1.34. The van der Waals surface area contributed by atoms with Crippen LogP contribution in [0.15, 0.2) is 17.4 Å². The van der Waals surface area contributed by atoms with Crippen molar-refractivity contribution in [1.82, 2.24) is 4.98 Å². The molecule has 1 rings (SSSR count). The number of aryl methyl sites for hydroxylation is 1. The van der Waals surface area contributed by atoms with Gasteiger partial charge in [0.05, 0.1) is 0 Å². The molecule has 0 radical (unpaired) electrons. The van der Waals surface area contributed by atoms with Gasteiger partial charge in [0.2, 0.25) is 0 Å². The maximum Gasteiger partial charge on any atom is 0.149 e. The Labute approximate surface area is 99.0 Å². The second kappa shape index (κ2) is 7.85. The molecule has 0 aromatic carbocycles. The van der Waals surface area contributed by atoms with Gasteiger partial charge in [0.25, 0.3) is 0 Å². The molecule has 0 saturated heterocycles. The summed E-state index contributed by atoms with van der Waals surface area (Å²) >= 11 is 0. The zero-order valence-electron chi connectivity index (χ0n) is 11.2. The van der Waals surface area contributed by atoms with Crippen LogP contribution in [0.4, 0.5) is 5.82 Å². The third-order valence-corrected chi connectivity index (χ3v) is 2.07. The van der Waals surface area contributed by atoms with Crippen LogP contribution in [-0.4, -0.2) is 11.2 Å². The Morgan fingerprint density at radius 3 is 2.44 bits per heavy atom. The summed E-state index contributed by atoms with van der Waals surface area (Å²) in [4.78, 5) is 4.31. The van der Waals surface area contributed by atoms with Gasteiger partial charge in [-0.15, -0.1) is 0 Å². The lowest BCUT2D eigenvalue weighted by molar-refractivity contribution is 0.855. The molecule has 3 nitrogen and oxygen atoms in total. The van der Waals surface area contributed by atoms with Crippen molar-refractivity contribution in [3.8, 4) is 0 Å². The van der Waals surface area contributed by atoms with E-state index >= 15 is 0 Å². The van der Waals surface area contributed by atoms with Crippen molar-refractivity contribution in [3.05, 3.63) is 23.4 Å². The van der Waals surface area contributed by atoms with Gasteiger partial charge >= 0.3 is 0 Å². The molecule has 0 unspecified atom stereocenters. The number of nitrogens with one attached hydrogen (secondary N) is 1. The number of hydrazone groups is 1. The Kier molecular flexibility index (Phi) is 7.18. The average molecular weight is 221 g/mol. The van der Waals surface area contributed by atoms with E-state index in [9.17, 15) is 0 Å². The second-order valence-corrected chi connectivity index (χ2v) is 3.59. The number of hydrogen-bond acceptors (Lipinski definition) is 3. The maximum atomic E-state index is 4.31. The van der Waals surface area contributed by atoms with E-state index in [0.717, 1.165) is 11.4 Å². The van der Waals surface area contributed by atoms with E-state index in [2.05, 4.69) is 35.4 Å². The number of rotatable bonds is 3. The van der Waals surface area contributed by atoms with Crippen molar-refractivity contribution in [3.63, 3.8) is 0 Å². The van der Waals surface area contributed by atoms with Crippen LogP contribution in [0.3, 0.4) is 0 Å². The van der Waals surface area contributed by atoms with Crippen LogP contribution >= 0.6 is 0 Å². The number of anilines is 1. The highest BCUT2D eigenvalue weighted by molar-refractivity contribution is 5.56. The lowest BCUT2D eigenvalue weighted by atomic mass is 10.0. The van der Waals surface area contributed by atoms with Crippen LogP contribution in [0, 0.1) is 6.92 Å². The molecule has 1 heterocycles. The number of aromatic nitrogens is 1. The Morgan fingerprint density at radius 2 is 2.00 bits per heavy atom. The SMILES string of the molecule is C/C=N\Nc1ncc(C(C)C)cc1C.CC. The molecule has 0 bridgehead atoms. The van der Waals surface area contributed by atoms with Gasteiger partial charge < -0.3 is 0 Å². The molecule has 90 valence electrons. The van der Waals surface area contributed by atoms with E-state index in [1.54, 1.807) is 6.21 Å². The first-order valence-corrected chi connectivity index (χ1v) is 5.85. The molecular weight excluding hydrogens is 198 g/mol. The quantitative estimate of drug-likeness (QED) is 0.619. The summed E-state index contributed by atoms with van der Waals surface area (Å²) < 4.78 is 0. The van der Waals surface area contributed by atoms with Crippen LogP contribution in [-0.2, 0) is 0 Å². The first-order valence-electron chi connectivity index (χ1n) is 5.85. The number of hydrogen-bond donors (Lipinski definition) is 1. The van der Waals surface area contributed by atoms with Crippen molar-refractivity contribution in [1.29, 1.82) is 0 Å². The molecule has 0 fully saturated rings. The molecule has 16 heavy (non-hydrogen) atoms. The highest BCUT2D eigenvalue weighted by Gasteiger charge is 2.03. The van der Waals surface area contributed by atoms with Crippen molar-refractivity contribution in [2.75, 3.05) is 5.43 Å². The van der Waals surface area contributed by atoms with E-state index in [1.807, 2.05) is 33.9 Å². The number of pyridine rings is 1. The van der Waals surface area contributed by atoms with Crippen LogP contribution in [0.5, 0.6) is 0 Å². The van der Waals surface area contributed by atoms with Gasteiger partial charge in [-0.1, -0.05) is 33.8 Å². The molecule has 1 aromatic heterocycles. The Bertz CT molecular complexity index is 330. The highest BCUT2D eigenvalue weighted by Crippen LogP contribution is 2.18. The van der Waals surface area contributed by atoms with Crippen molar-refractivity contribution < 1.29 is 0 Å². The molecule has 0 aliphatic heterocycles. The molecule has 1 aromatic rings. The van der Waals surface area contributed by atoms with Crippen molar-refractivity contribution in [2.24, 2.45) is 5.10 Å². The predicted molar refractivity (Wildman–Crippen MR) is 72.2 cm³/mol. The fourth-order valence-electron chi connectivity index (χ4n) is 1.16. The fourth-order valence-corrected chi connectivity index (χ4v) is 1.16. The van der Waals surface area contributed by atoms with Crippen LogP contribution in [0.2, 0.25) is 0 Å². The first kappa shape index (κ1) is 14.6. The largest absolute Gasteiger partial charge is 0.261 e. The Hall–Kier alpha value is -1.38. The predicted octanol–water partition coefficient (Wildman–Crippen LogP) is 3.96. The lowest BCUT2D eigenvalue weighted by Crippen LogP contribution is -1.98. The molecule has 0 saturated carbocycles. The topological polar surface area (TPSA) is 37.3 Å². The molecule has 3 heteroatoms. The Balaban J connectivity index is 0.00000106. The Morgan fingerprint density at radius 1 is 1.38 bits per heavy atom. The third-order valence-electron chi connectivity index (χ3n) is 2.07. The van der Waals surface area contributed by atoms with E-state index in [-0.39, 0.29) is 0 Å². The molecule has 0 amide bonds. The zero-order valence-corrected chi connectivity index (χ0v) is 11.2. The molecule has 0 spiro atoms. The van der Waals surface area contributed by atoms with E-state index in [1.165, 1.54) is 5.56 Å². The van der Waals surface area contributed by atoms with Gasteiger partial charge in [-0.25, -0.2) is 4.98 Å². The molecular formula is C13H23N3. The molecule has 0 atom stereocenters. The summed E-state index contributed by atoms with van der Waals surface area (Å²) in [7, 11) is 0. The normalized spacial score (nSPS) is 10.2. The monoisotopic (exact) mass is 221 g/mol. The van der Waals surface area contributed by atoms with E-state index in [0.29, 0.717) is 5.92 Å². The molecule has 0 aliphatic carbocycles. The highest BCUT2D eigenvalue weighted by atomic mass is 15.3. The van der Waals surface area contributed by atoms with Gasteiger partial charge in [0, 0.05) is 12.4 Å². The summed E-state index contributed by atoms with van der Waals surface area (Å²) in [6.45, 7) is 12.2. The van der Waals surface area contributed by atoms with Crippen molar-refractivity contribution in [2.45, 2.75) is 47.5 Å². The fraction of sp³-hybridized carbons (Fsp3) is 0.538. The summed E-state index contributed by atoms with van der Waals surface area (Å²) in [5.41, 5.74) is 5.27. The first-order chi connectivity index (χ1) is 7.65. The minimum absolute atomic E-state index is 0.518. The standard InChI is InChI=1S/C11H17N3.C2H6/c1-5-13-14-11-9(4)6-10(7-12-11)8(2)3;1-2/h5-8H,1-4H3,(H,12,14);1-2H3/b13-5-;. The van der Waals surface area contributed by atoms with Gasteiger partial charge in [-0.2, -0.15) is 5.10 Å². The number of nitrogens with zero attached hydrogens (tertiary/aromatic N) is 2. The van der Waals surface area contributed by atoms with Gasteiger partial charge in [-0.05, 0) is 30.9 Å². The summed E-state index contributed by atoms with van der Waals surface area (Å²) in [6.07, 6.45) is 3.60. The molecule has 0 aliphatic rings. The zero-order chi connectivity index (χ0) is 12.6. The minimum Gasteiger partial charge on any atom is -0.261 e.